The summed E-state index contributed by atoms with van der Waals surface area (Å²) < 4.78 is 0. The van der Waals surface area contributed by atoms with E-state index in [0.717, 1.165) is 38.2 Å². The molecule has 4 aliphatic rings. The van der Waals surface area contributed by atoms with Crippen molar-refractivity contribution in [2.45, 2.75) is 57.7 Å². The van der Waals surface area contributed by atoms with Gasteiger partial charge in [-0.05, 0) is 55.7 Å². The number of amides is 1. The van der Waals surface area contributed by atoms with Crippen molar-refractivity contribution in [3.05, 3.63) is 35.9 Å². The van der Waals surface area contributed by atoms with Crippen LogP contribution in [-0.4, -0.2) is 48.6 Å². The predicted octanol–water partition coefficient (Wildman–Crippen LogP) is 2.37. The Labute approximate surface area is 175 Å². The molecule has 5 atom stereocenters. The SMILES string of the molecule is CC(C)CN1C[C@@H]2C[C@H]3CN[C@]2(C(=O)NCc2ccccc2)[C@H]1[C@@H]3CCCCN. The minimum Gasteiger partial charge on any atom is -0.350 e. The third-order valence-electron chi connectivity index (χ3n) is 7.48. The Morgan fingerprint density at radius 2 is 2.10 bits per heavy atom. The average molecular weight is 399 g/mol. The number of likely N-dealkylation sites (tertiary alicyclic amines) is 1. The third-order valence-corrected chi connectivity index (χ3v) is 7.48. The number of piperidine rings is 2. The van der Waals surface area contributed by atoms with Crippen molar-refractivity contribution in [3.8, 4) is 0 Å². The molecular weight excluding hydrogens is 360 g/mol. The van der Waals surface area contributed by atoms with E-state index >= 15 is 0 Å². The largest absolute Gasteiger partial charge is 0.350 e. The highest BCUT2D eigenvalue weighted by Gasteiger charge is 2.67. The molecule has 5 rings (SSSR count). The molecule has 0 unspecified atom stereocenters. The molecule has 160 valence electrons. The normalized spacial score (nSPS) is 33.4. The fourth-order valence-corrected chi connectivity index (χ4v) is 6.42. The Morgan fingerprint density at radius 3 is 2.83 bits per heavy atom. The van der Waals surface area contributed by atoms with Crippen molar-refractivity contribution >= 4 is 5.91 Å². The maximum absolute atomic E-state index is 13.7. The second kappa shape index (κ2) is 8.75. The zero-order chi connectivity index (χ0) is 20.4. The first kappa shape index (κ1) is 20.8. The topological polar surface area (TPSA) is 70.4 Å². The summed E-state index contributed by atoms with van der Waals surface area (Å²) in [4.78, 5) is 16.3. The van der Waals surface area contributed by atoms with Crippen LogP contribution in [0.25, 0.3) is 0 Å². The van der Waals surface area contributed by atoms with Gasteiger partial charge < -0.3 is 16.4 Å². The van der Waals surface area contributed by atoms with E-state index in [1.165, 1.54) is 19.3 Å². The van der Waals surface area contributed by atoms with Crippen LogP contribution in [0, 0.1) is 23.7 Å². The van der Waals surface area contributed by atoms with E-state index in [0.29, 0.717) is 36.3 Å². The second-order valence-electron chi connectivity index (χ2n) is 9.85. The molecule has 5 heteroatoms. The highest BCUT2D eigenvalue weighted by Crippen LogP contribution is 2.53. The Balaban J connectivity index is 1.56. The van der Waals surface area contributed by atoms with Crippen molar-refractivity contribution in [1.82, 2.24) is 15.5 Å². The van der Waals surface area contributed by atoms with Crippen molar-refractivity contribution in [2.24, 2.45) is 29.4 Å². The van der Waals surface area contributed by atoms with E-state index < -0.39 is 5.54 Å². The molecular formula is C24H38N4O. The van der Waals surface area contributed by atoms with Crippen LogP contribution in [-0.2, 0) is 11.3 Å². The Hall–Kier alpha value is -1.43. The van der Waals surface area contributed by atoms with Crippen LogP contribution in [0.1, 0.15) is 45.1 Å². The standard InChI is InChI=1S/C24H38N4O/c1-17(2)15-28-16-20-12-19-14-27-24(20,22(28)21(19)10-6-7-11-25)23(29)26-13-18-8-4-3-5-9-18/h3-5,8-9,17,19-22,27H,6-7,10-16,25H2,1-2H3,(H,26,29)/t19-,20-,21+,22+,24-/m0/s1. The zero-order valence-corrected chi connectivity index (χ0v) is 18.1. The highest BCUT2D eigenvalue weighted by molar-refractivity contribution is 5.89. The molecule has 1 amide bonds. The van der Waals surface area contributed by atoms with Crippen LogP contribution < -0.4 is 16.4 Å². The number of nitrogens with zero attached hydrogens (tertiary/aromatic N) is 1. The minimum absolute atomic E-state index is 0.213. The van der Waals surface area contributed by atoms with Gasteiger partial charge in [-0.1, -0.05) is 50.6 Å². The molecule has 3 aliphatic heterocycles. The van der Waals surface area contributed by atoms with Gasteiger partial charge in [-0.3, -0.25) is 9.69 Å². The second-order valence-corrected chi connectivity index (χ2v) is 9.85. The Bertz CT molecular complexity index is 693. The van der Waals surface area contributed by atoms with Gasteiger partial charge in [0.1, 0.15) is 5.54 Å². The Kier molecular flexibility index (Phi) is 6.28. The number of hydrogen-bond donors (Lipinski definition) is 3. The minimum atomic E-state index is -0.425. The van der Waals surface area contributed by atoms with Gasteiger partial charge in [0.15, 0.2) is 0 Å². The van der Waals surface area contributed by atoms with E-state index in [-0.39, 0.29) is 5.91 Å². The fraction of sp³-hybridized carbons (Fsp3) is 0.708. The van der Waals surface area contributed by atoms with Gasteiger partial charge in [-0.25, -0.2) is 0 Å². The van der Waals surface area contributed by atoms with Crippen LogP contribution in [0.2, 0.25) is 0 Å². The molecule has 3 saturated heterocycles. The molecule has 1 aliphatic carbocycles. The lowest BCUT2D eigenvalue weighted by molar-refractivity contribution is -0.138. The number of nitrogens with two attached hydrogens (primary N) is 1. The van der Waals surface area contributed by atoms with Crippen molar-refractivity contribution < 1.29 is 4.79 Å². The molecule has 4 N–H and O–H groups in total. The molecule has 1 aromatic rings. The molecule has 3 heterocycles. The van der Waals surface area contributed by atoms with Gasteiger partial charge in [0, 0.05) is 31.6 Å². The number of fused-ring (bicyclic) bond motifs is 1. The Morgan fingerprint density at radius 1 is 1.31 bits per heavy atom. The van der Waals surface area contributed by atoms with Gasteiger partial charge >= 0.3 is 0 Å². The quantitative estimate of drug-likeness (QED) is 0.559. The molecule has 4 bridgehead atoms. The van der Waals surface area contributed by atoms with E-state index in [4.69, 9.17) is 5.73 Å². The van der Waals surface area contributed by atoms with Crippen molar-refractivity contribution in [1.29, 1.82) is 0 Å². The fourth-order valence-electron chi connectivity index (χ4n) is 6.42. The van der Waals surface area contributed by atoms with Gasteiger partial charge in [-0.2, -0.15) is 0 Å². The lowest BCUT2D eigenvalue weighted by Crippen LogP contribution is -2.76. The van der Waals surface area contributed by atoms with E-state index in [9.17, 15) is 4.79 Å². The van der Waals surface area contributed by atoms with Crippen LogP contribution in [0.3, 0.4) is 0 Å². The number of benzene rings is 1. The number of unbranched alkanes of at least 4 members (excludes halogenated alkanes) is 1. The number of hydrogen-bond acceptors (Lipinski definition) is 4. The number of carbonyl (C=O) groups excluding carboxylic acids is 1. The summed E-state index contributed by atoms with van der Waals surface area (Å²) in [7, 11) is 0. The molecule has 1 aromatic carbocycles. The molecule has 29 heavy (non-hydrogen) atoms. The number of carbonyl (C=O) groups is 1. The van der Waals surface area contributed by atoms with E-state index in [1.54, 1.807) is 0 Å². The maximum Gasteiger partial charge on any atom is 0.242 e. The summed E-state index contributed by atoms with van der Waals surface area (Å²) in [6, 6.07) is 10.6. The molecule has 0 radical (unpaired) electrons. The maximum atomic E-state index is 13.7. The number of rotatable bonds is 9. The molecule has 0 aromatic heterocycles. The lowest BCUT2D eigenvalue weighted by atomic mass is 9.58. The monoisotopic (exact) mass is 398 g/mol. The van der Waals surface area contributed by atoms with Crippen LogP contribution in [0.4, 0.5) is 0 Å². The summed E-state index contributed by atoms with van der Waals surface area (Å²) in [6.45, 7) is 9.07. The van der Waals surface area contributed by atoms with Gasteiger partial charge in [-0.15, -0.1) is 0 Å². The van der Waals surface area contributed by atoms with Crippen LogP contribution in [0.5, 0.6) is 0 Å². The zero-order valence-electron chi connectivity index (χ0n) is 18.1. The summed E-state index contributed by atoms with van der Waals surface area (Å²) in [5, 5.41) is 7.07. The van der Waals surface area contributed by atoms with Gasteiger partial charge in [0.2, 0.25) is 5.91 Å². The van der Waals surface area contributed by atoms with Crippen molar-refractivity contribution in [2.75, 3.05) is 26.2 Å². The predicted molar refractivity (Wildman–Crippen MR) is 117 cm³/mol. The molecule has 5 nitrogen and oxygen atoms in total. The first-order chi connectivity index (χ1) is 14.1. The van der Waals surface area contributed by atoms with Crippen molar-refractivity contribution in [3.63, 3.8) is 0 Å². The first-order valence-corrected chi connectivity index (χ1v) is 11.6. The molecule has 0 spiro atoms. The summed E-state index contributed by atoms with van der Waals surface area (Å²) >= 11 is 0. The molecule has 4 fully saturated rings. The van der Waals surface area contributed by atoms with Crippen LogP contribution in [0.15, 0.2) is 30.3 Å². The third kappa shape index (κ3) is 3.85. The van der Waals surface area contributed by atoms with E-state index in [1.807, 2.05) is 18.2 Å². The smallest absolute Gasteiger partial charge is 0.242 e. The summed E-state index contributed by atoms with van der Waals surface area (Å²) in [6.07, 6.45) is 4.65. The summed E-state index contributed by atoms with van der Waals surface area (Å²) in [5.41, 5.74) is 6.51. The number of nitrogens with one attached hydrogen (secondary N) is 2. The van der Waals surface area contributed by atoms with Gasteiger partial charge in [0.25, 0.3) is 0 Å². The highest BCUT2D eigenvalue weighted by atomic mass is 16.2. The molecule has 1 saturated carbocycles. The van der Waals surface area contributed by atoms with E-state index in [2.05, 4.69) is 41.5 Å². The lowest BCUT2D eigenvalue weighted by Gasteiger charge is -2.56. The van der Waals surface area contributed by atoms with Crippen LogP contribution >= 0.6 is 0 Å². The first-order valence-electron chi connectivity index (χ1n) is 11.6. The average Bonchev–Trinajstić information content (AvgIpc) is 2.97. The summed E-state index contributed by atoms with van der Waals surface area (Å²) in [5.74, 6) is 2.55. The van der Waals surface area contributed by atoms with Gasteiger partial charge in [0.05, 0.1) is 0 Å².